The first kappa shape index (κ1) is 23.2. The molecule has 1 fully saturated rings. The van der Waals surface area contributed by atoms with Gasteiger partial charge < -0.3 is 19.5 Å². The topological polar surface area (TPSA) is 48.6 Å². The molecular weight excluding hydrogens is 431 g/mol. The summed E-state index contributed by atoms with van der Waals surface area (Å²) in [6.07, 6.45) is -2.57. The first-order valence-electron chi connectivity index (χ1n) is 11.1. The highest BCUT2D eigenvalue weighted by atomic mass is 19.4. The van der Waals surface area contributed by atoms with Crippen LogP contribution in [0.1, 0.15) is 36.0 Å². The van der Waals surface area contributed by atoms with Crippen molar-refractivity contribution in [1.29, 1.82) is 0 Å². The minimum Gasteiger partial charge on any atom is -0.497 e. The Morgan fingerprint density at radius 2 is 1.88 bits per heavy atom. The molecule has 0 unspecified atom stereocenters. The Morgan fingerprint density at radius 3 is 2.55 bits per heavy atom. The van der Waals surface area contributed by atoms with Crippen molar-refractivity contribution in [3.8, 4) is 5.75 Å². The second kappa shape index (κ2) is 9.47. The van der Waals surface area contributed by atoms with Crippen LogP contribution in [-0.2, 0) is 11.0 Å². The highest BCUT2D eigenvalue weighted by Gasteiger charge is 2.32. The number of hydrogen-bond acceptors (Lipinski definition) is 3. The number of fused-ring (bicyclic) bond motifs is 1. The second-order valence-electron chi connectivity index (χ2n) is 8.35. The van der Waals surface area contributed by atoms with Crippen LogP contribution in [0.4, 0.5) is 13.2 Å². The molecule has 1 aromatic heterocycles. The van der Waals surface area contributed by atoms with Gasteiger partial charge in [0.1, 0.15) is 5.75 Å². The predicted molar refractivity (Wildman–Crippen MR) is 121 cm³/mol. The Labute approximate surface area is 191 Å². The van der Waals surface area contributed by atoms with E-state index in [1.165, 1.54) is 6.07 Å². The summed E-state index contributed by atoms with van der Waals surface area (Å²) in [6.45, 7) is 5.90. The summed E-state index contributed by atoms with van der Waals surface area (Å²) < 4.78 is 45.7. The van der Waals surface area contributed by atoms with Gasteiger partial charge in [-0.1, -0.05) is 25.1 Å². The van der Waals surface area contributed by atoms with Crippen molar-refractivity contribution in [2.24, 2.45) is 0 Å². The molecule has 1 aliphatic heterocycles. The van der Waals surface area contributed by atoms with Crippen LogP contribution in [0.2, 0.25) is 0 Å². The Balaban J connectivity index is 1.71. The van der Waals surface area contributed by atoms with E-state index in [2.05, 4.69) is 16.8 Å². The van der Waals surface area contributed by atoms with Crippen LogP contribution in [-0.4, -0.2) is 60.5 Å². The Kier molecular flexibility index (Phi) is 6.65. The first-order chi connectivity index (χ1) is 15.8. The summed E-state index contributed by atoms with van der Waals surface area (Å²) in [5.41, 5.74) is 1.37. The standard InChI is InChI=1S/C25H28F3N3O2/c1-3-30-9-11-31(12-10-30)24(32)15-20(17-5-4-6-18(13-17)25(26,27)28)22-16-29-23-8-7-19(33-2)14-21(22)23/h4-8,13-14,16,20,29H,3,9-12,15H2,1-2H3/t20-/m1/s1. The molecule has 3 aromatic rings. The molecule has 4 rings (SSSR count). The minimum atomic E-state index is -4.45. The maximum absolute atomic E-state index is 13.4. The molecule has 0 spiro atoms. The number of carbonyl (C=O) groups excluding carboxylic acids is 1. The van der Waals surface area contributed by atoms with E-state index in [0.29, 0.717) is 24.4 Å². The third kappa shape index (κ3) is 5.00. The largest absolute Gasteiger partial charge is 0.497 e. The number of halogens is 3. The summed E-state index contributed by atoms with van der Waals surface area (Å²) >= 11 is 0. The van der Waals surface area contributed by atoms with Gasteiger partial charge in [0, 0.05) is 55.6 Å². The maximum Gasteiger partial charge on any atom is 0.416 e. The van der Waals surface area contributed by atoms with Gasteiger partial charge in [-0.2, -0.15) is 13.2 Å². The molecule has 0 saturated carbocycles. The third-order valence-electron chi connectivity index (χ3n) is 6.46. The number of alkyl halides is 3. The molecule has 0 radical (unpaired) electrons. The summed E-state index contributed by atoms with van der Waals surface area (Å²) in [7, 11) is 1.57. The summed E-state index contributed by atoms with van der Waals surface area (Å²) in [6, 6.07) is 10.8. The fourth-order valence-corrected chi connectivity index (χ4v) is 4.49. The number of nitrogens with one attached hydrogen (secondary N) is 1. The molecule has 8 heteroatoms. The number of benzene rings is 2. The number of methoxy groups -OCH3 is 1. The average Bonchev–Trinajstić information content (AvgIpc) is 3.24. The molecule has 1 N–H and O–H groups in total. The van der Waals surface area contributed by atoms with Gasteiger partial charge in [-0.3, -0.25) is 4.79 Å². The Morgan fingerprint density at radius 1 is 1.12 bits per heavy atom. The molecule has 1 atom stereocenters. The zero-order valence-corrected chi connectivity index (χ0v) is 18.8. The lowest BCUT2D eigenvalue weighted by atomic mass is 9.87. The second-order valence-corrected chi connectivity index (χ2v) is 8.35. The Hall–Kier alpha value is -3.00. The molecule has 2 heterocycles. The van der Waals surface area contributed by atoms with E-state index in [4.69, 9.17) is 4.74 Å². The molecule has 0 aliphatic carbocycles. The molecule has 33 heavy (non-hydrogen) atoms. The van der Waals surface area contributed by atoms with Gasteiger partial charge in [-0.25, -0.2) is 0 Å². The molecule has 0 bridgehead atoms. The third-order valence-corrected chi connectivity index (χ3v) is 6.46. The maximum atomic E-state index is 13.4. The number of hydrogen-bond donors (Lipinski definition) is 1. The van der Waals surface area contributed by atoms with E-state index in [0.717, 1.165) is 48.2 Å². The van der Waals surface area contributed by atoms with E-state index in [1.807, 2.05) is 23.1 Å². The number of ether oxygens (including phenoxy) is 1. The van der Waals surface area contributed by atoms with E-state index < -0.39 is 17.7 Å². The zero-order valence-electron chi connectivity index (χ0n) is 18.8. The lowest BCUT2D eigenvalue weighted by molar-refractivity contribution is -0.137. The van der Waals surface area contributed by atoms with Crippen molar-refractivity contribution in [2.45, 2.75) is 25.4 Å². The van der Waals surface area contributed by atoms with Crippen LogP contribution >= 0.6 is 0 Å². The van der Waals surface area contributed by atoms with E-state index in [-0.39, 0.29) is 12.3 Å². The highest BCUT2D eigenvalue weighted by Crippen LogP contribution is 2.38. The molecule has 1 amide bonds. The predicted octanol–water partition coefficient (Wildman–Crippen LogP) is 4.88. The zero-order chi connectivity index (χ0) is 23.6. The quantitative estimate of drug-likeness (QED) is 0.572. The molecule has 1 saturated heterocycles. The van der Waals surface area contributed by atoms with Crippen LogP contribution in [0.15, 0.2) is 48.7 Å². The van der Waals surface area contributed by atoms with E-state index in [1.54, 1.807) is 19.4 Å². The van der Waals surface area contributed by atoms with Crippen LogP contribution in [0, 0.1) is 0 Å². The average molecular weight is 460 g/mol. The number of aromatic nitrogens is 1. The lowest BCUT2D eigenvalue weighted by Crippen LogP contribution is -2.48. The van der Waals surface area contributed by atoms with E-state index in [9.17, 15) is 18.0 Å². The molecule has 2 aromatic carbocycles. The van der Waals surface area contributed by atoms with Gasteiger partial charge in [0.25, 0.3) is 0 Å². The first-order valence-corrected chi connectivity index (χ1v) is 11.1. The minimum absolute atomic E-state index is 0.0505. The van der Waals surface area contributed by atoms with Crippen molar-refractivity contribution < 1.29 is 22.7 Å². The van der Waals surface area contributed by atoms with Crippen molar-refractivity contribution >= 4 is 16.8 Å². The van der Waals surface area contributed by atoms with Crippen molar-refractivity contribution in [2.75, 3.05) is 39.8 Å². The van der Waals surface area contributed by atoms with Gasteiger partial charge in [0.05, 0.1) is 12.7 Å². The number of H-pyrrole nitrogens is 1. The van der Waals surface area contributed by atoms with E-state index >= 15 is 0 Å². The van der Waals surface area contributed by atoms with Crippen LogP contribution in [0.3, 0.4) is 0 Å². The monoisotopic (exact) mass is 459 g/mol. The number of aromatic amines is 1. The number of piperazine rings is 1. The SMILES string of the molecule is CCN1CCN(C(=O)C[C@H](c2cccc(C(F)(F)F)c2)c2c[nH]c3ccc(OC)cc23)CC1. The number of carbonyl (C=O) groups is 1. The smallest absolute Gasteiger partial charge is 0.416 e. The van der Waals surface area contributed by atoms with Crippen LogP contribution in [0.5, 0.6) is 5.75 Å². The fourth-order valence-electron chi connectivity index (χ4n) is 4.49. The summed E-state index contributed by atoms with van der Waals surface area (Å²) in [5, 5.41) is 0.834. The number of likely N-dealkylation sites (N-methyl/N-ethyl adjacent to an activating group) is 1. The number of rotatable bonds is 6. The van der Waals surface area contributed by atoms with Gasteiger partial charge in [0.2, 0.25) is 5.91 Å². The number of nitrogens with zero attached hydrogens (tertiary/aromatic N) is 2. The molecule has 176 valence electrons. The van der Waals surface area contributed by atoms with Gasteiger partial charge in [-0.05, 0) is 41.9 Å². The van der Waals surface area contributed by atoms with Gasteiger partial charge >= 0.3 is 6.18 Å². The Bertz CT molecular complexity index is 1120. The van der Waals surface area contributed by atoms with Gasteiger partial charge in [0.15, 0.2) is 0 Å². The van der Waals surface area contributed by atoms with Gasteiger partial charge in [-0.15, -0.1) is 0 Å². The molecular formula is C25H28F3N3O2. The summed E-state index contributed by atoms with van der Waals surface area (Å²) in [4.78, 5) is 20.6. The van der Waals surface area contributed by atoms with Crippen LogP contribution in [0.25, 0.3) is 10.9 Å². The van der Waals surface area contributed by atoms with Crippen molar-refractivity contribution in [1.82, 2.24) is 14.8 Å². The summed E-state index contributed by atoms with van der Waals surface area (Å²) in [5.74, 6) is 0.0726. The number of amides is 1. The fraction of sp³-hybridized carbons (Fsp3) is 0.400. The normalized spacial score (nSPS) is 16.2. The molecule has 1 aliphatic rings. The molecule has 5 nitrogen and oxygen atoms in total. The van der Waals surface area contributed by atoms with Crippen molar-refractivity contribution in [3.05, 3.63) is 65.4 Å². The van der Waals surface area contributed by atoms with Crippen LogP contribution < -0.4 is 4.74 Å². The highest BCUT2D eigenvalue weighted by molar-refractivity contribution is 5.87. The lowest BCUT2D eigenvalue weighted by Gasteiger charge is -2.35. The van der Waals surface area contributed by atoms with Crippen molar-refractivity contribution in [3.63, 3.8) is 0 Å².